The molecule has 1 aromatic rings. The Morgan fingerprint density at radius 3 is 3.35 bits per heavy atom. The summed E-state index contributed by atoms with van der Waals surface area (Å²) in [5.74, 6) is 0.486. The molecule has 0 saturated carbocycles. The molecular weight excluding hydrogens is 218 g/mol. The molecule has 1 saturated heterocycles. The Labute approximate surface area is 97.9 Å². The van der Waals surface area contributed by atoms with Gasteiger partial charge < -0.3 is 20.9 Å². The van der Waals surface area contributed by atoms with Gasteiger partial charge in [-0.2, -0.15) is 0 Å². The summed E-state index contributed by atoms with van der Waals surface area (Å²) in [4.78, 5) is 21.7. The molecule has 4 N–H and O–H groups in total. The summed E-state index contributed by atoms with van der Waals surface area (Å²) in [6.45, 7) is 0.767. The fraction of sp³-hybridized carbons (Fsp3) is 0.455. The van der Waals surface area contributed by atoms with Crippen molar-refractivity contribution in [2.75, 3.05) is 6.54 Å². The minimum absolute atomic E-state index is 0.0520. The lowest BCUT2D eigenvalue weighted by atomic mass is 9.88. The predicted molar refractivity (Wildman–Crippen MR) is 61.3 cm³/mol. The van der Waals surface area contributed by atoms with Crippen LogP contribution in [0.2, 0.25) is 0 Å². The van der Waals surface area contributed by atoms with E-state index in [2.05, 4.69) is 15.3 Å². The quantitative estimate of drug-likeness (QED) is 0.583. The highest BCUT2D eigenvalue weighted by atomic mass is 16.2. The van der Waals surface area contributed by atoms with Crippen LogP contribution in [0, 0.1) is 0 Å². The normalized spacial score (nSPS) is 33.9. The van der Waals surface area contributed by atoms with Crippen molar-refractivity contribution in [3.63, 3.8) is 0 Å². The Kier molecular flexibility index (Phi) is 1.41. The van der Waals surface area contributed by atoms with E-state index in [0.29, 0.717) is 11.7 Å². The van der Waals surface area contributed by atoms with Crippen LogP contribution in [0.1, 0.15) is 34.9 Å². The van der Waals surface area contributed by atoms with E-state index in [4.69, 9.17) is 5.73 Å². The van der Waals surface area contributed by atoms with Gasteiger partial charge in [-0.1, -0.05) is 0 Å². The molecule has 0 aliphatic carbocycles. The van der Waals surface area contributed by atoms with Gasteiger partial charge in [-0.25, -0.2) is 4.99 Å². The van der Waals surface area contributed by atoms with E-state index in [0.717, 1.165) is 24.9 Å². The number of fused-ring (bicyclic) bond motifs is 2. The minimum atomic E-state index is -0.406. The lowest BCUT2D eigenvalue weighted by molar-refractivity contribution is 0.0465. The van der Waals surface area contributed by atoms with E-state index in [1.54, 1.807) is 6.20 Å². The summed E-state index contributed by atoms with van der Waals surface area (Å²) in [6, 6.07) is 1.86. The molecular formula is C11H13N5O. The summed E-state index contributed by atoms with van der Waals surface area (Å²) in [5.41, 5.74) is 7.02. The van der Waals surface area contributed by atoms with Crippen LogP contribution in [0.15, 0.2) is 17.3 Å². The van der Waals surface area contributed by atoms with Crippen molar-refractivity contribution in [1.82, 2.24) is 15.2 Å². The molecule has 2 atom stereocenters. The second kappa shape index (κ2) is 2.64. The number of aromatic nitrogens is 1. The molecule has 6 heteroatoms. The Hall–Kier alpha value is -1.98. The van der Waals surface area contributed by atoms with E-state index in [1.807, 2.05) is 11.0 Å². The van der Waals surface area contributed by atoms with Gasteiger partial charge >= 0.3 is 0 Å². The van der Waals surface area contributed by atoms with Gasteiger partial charge in [0.2, 0.25) is 0 Å². The smallest absolute Gasteiger partial charge is 0.272 e. The average molecular weight is 231 g/mol. The van der Waals surface area contributed by atoms with Gasteiger partial charge in [0.05, 0.1) is 0 Å². The number of guanidine groups is 1. The number of aliphatic imine (C=N–C) groups is 1. The number of carbonyl (C=O) groups is 1. The first-order valence-corrected chi connectivity index (χ1v) is 5.83. The Bertz CT molecular complexity index is 548. The van der Waals surface area contributed by atoms with E-state index < -0.39 is 5.66 Å². The third kappa shape index (κ3) is 0.878. The summed E-state index contributed by atoms with van der Waals surface area (Å²) in [6.07, 6.45) is 3.68. The van der Waals surface area contributed by atoms with Crippen molar-refractivity contribution in [2.24, 2.45) is 10.7 Å². The lowest BCUT2D eigenvalue weighted by Crippen LogP contribution is -2.61. The van der Waals surface area contributed by atoms with Crippen molar-refractivity contribution in [3.8, 4) is 0 Å². The van der Waals surface area contributed by atoms with E-state index >= 15 is 0 Å². The Balaban J connectivity index is 1.97. The molecule has 0 aromatic carbocycles. The first-order valence-electron chi connectivity index (χ1n) is 5.83. The monoisotopic (exact) mass is 231 g/mol. The van der Waals surface area contributed by atoms with Crippen molar-refractivity contribution >= 4 is 11.9 Å². The fourth-order valence-corrected chi connectivity index (χ4v) is 3.36. The molecule has 4 heterocycles. The zero-order chi connectivity index (χ0) is 11.6. The summed E-state index contributed by atoms with van der Waals surface area (Å²) >= 11 is 0. The van der Waals surface area contributed by atoms with Crippen LogP contribution >= 0.6 is 0 Å². The third-order valence-corrected chi connectivity index (χ3v) is 4.02. The maximum Gasteiger partial charge on any atom is 0.272 e. The molecule has 3 aliphatic rings. The van der Waals surface area contributed by atoms with Crippen LogP contribution in [-0.4, -0.2) is 34.0 Å². The number of hydrogen-bond acceptors (Lipinski definition) is 4. The van der Waals surface area contributed by atoms with E-state index in [1.165, 1.54) is 0 Å². The van der Waals surface area contributed by atoms with Crippen LogP contribution < -0.4 is 11.1 Å². The zero-order valence-corrected chi connectivity index (χ0v) is 9.23. The van der Waals surface area contributed by atoms with Crippen molar-refractivity contribution < 1.29 is 4.79 Å². The number of hydrogen-bond donors (Lipinski definition) is 3. The Morgan fingerprint density at radius 2 is 2.47 bits per heavy atom. The number of nitrogens with one attached hydrogen (secondary N) is 2. The molecule has 88 valence electrons. The van der Waals surface area contributed by atoms with Gasteiger partial charge in [-0.15, -0.1) is 0 Å². The van der Waals surface area contributed by atoms with Crippen molar-refractivity contribution in [1.29, 1.82) is 0 Å². The number of H-pyrrole nitrogens is 1. The fourth-order valence-electron chi connectivity index (χ4n) is 3.36. The topological polar surface area (TPSA) is 86.5 Å². The molecule has 1 aromatic heterocycles. The van der Waals surface area contributed by atoms with Crippen LogP contribution in [-0.2, 0) is 0 Å². The highest BCUT2D eigenvalue weighted by Crippen LogP contribution is 2.47. The maximum atomic E-state index is 12.4. The highest BCUT2D eigenvalue weighted by Gasteiger charge is 2.57. The predicted octanol–water partition coefficient (Wildman–Crippen LogP) is -0.0804. The minimum Gasteiger partial charge on any atom is -0.370 e. The SMILES string of the molecule is NC1=NC2c3cc[nH]c3C(=O)N3CCC[C@@]23N1. The Morgan fingerprint density at radius 1 is 1.59 bits per heavy atom. The first kappa shape index (κ1) is 9.09. The molecule has 17 heavy (non-hydrogen) atoms. The molecule has 3 aliphatic heterocycles. The van der Waals surface area contributed by atoms with Gasteiger partial charge in [0.25, 0.3) is 5.91 Å². The number of rotatable bonds is 0. The van der Waals surface area contributed by atoms with Gasteiger partial charge in [0.1, 0.15) is 17.4 Å². The van der Waals surface area contributed by atoms with Gasteiger partial charge in [0.15, 0.2) is 5.96 Å². The van der Waals surface area contributed by atoms with Gasteiger partial charge in [-0.3, -0.25) is 4.79 Å². The number of carbonyl (C=O) groups excluding carboxylic acids is 1. The largest absolute Gasteiger partial charge is 0.370 e. The molecule has 1 spiro atoms. The van der Waals surface area contributed by atoms with Crippen LogP contribution in [0.4, 0.5) is 0 Å². The average Bonchev–Trinajstić information content (AvgIpc) is 2.96. The van der Waals surface area contributed by atoms with Crippen LogP contribution in [0.25, 0.3) is 0 Å². The van der Waals surface area contributed by atoms with Crippen LogP contribution in [0.5, 0.6) is 0 Å². The van der Waals surface area contributed by atoms with E-state index in [9.17, 15) is 4.79 Å². The number of aromatic amines is 1. The molecule has 1 unspecified atom stereocenters. The molecule has 1 fully saturated rings. The second-order valence-electron chi connectivity index (χ2n) is 4.83. The molecule has 0 bridgehead atoms. The van der Waals surface area contributed by atoms with Crippen molar-refractivity contribution in [2.45, 2.75) is 24.5 Å². The lowest BCUT2D eigenvalue weighted by Gasteiger charge is -2.42. The molecule has 0 radical (unpaired) electrons. The first-order chi connectivity index (χ1) is 8.22. The second-order valence-corrected chi connectivity index (χ2v) is 4.83. The summed E-state index contributed by atoms with van der Waals surface area (Å²) in [7, 11) is 0. The van der Waals surface area contributed by atoms with E-state index in [-0.39, 0.29) is 11.9 Å². The molecule has 1 amide bonds. The third-order valence-electron chi connectivity index (χ3n) is 4.02. The van der Waals surface area contributed by atoms with Crippen molar-refractivity contribution in [3.05, 3.63) is 23.5 Å². The zero-order valence-electron chi connectivity index (χ0n) is 9.23. The summed E-state index contributed by atoms with van der Waals surface area (Å²) in [5, 5.41) is 3.21. The number of amides is 1. The summed E-state index contributed by atoms with van der Waals surface area (Å²) < 4.78 is 0. The molecule has 4 rings (SSSR count). The maximum absolute atomic E-state index is 12.4. The van der Waals surface area contributed by atoms with Crippen LogP contribution in [0.3, 0.4) is 0 Å². The highest BCUT2D eigenvalue weighted by molar-refractivity contribution is 5.98. The standard InChI is InChI=1S/C11H13N5O/c12-10-14-8-6-2-4-13-7(6)9(17)16-5-1-3-11(8,16)15-10/h2,4,8,13H,1,3,5H2,(H3,12,14,15)/t8?,11-/m0/s1. The van der Waals surface area contributed by atoms with Gasteiger partial charge in [0, 0.05) is 18.3 Å². The molecule has 6 nitrogen and oxygen atoms in total. The van der Waals surface area contributed by atoms with Gasteiger partial charge in [-0.05, 0) is 18.9 Å². The number of nitrogens with two attached hydrogens (primary N) is 1. The number of nitrogens with zero attached hydrogens (tertiary/aromatic N) is 2.